The van der Waals surface area contributed by atoms with Crippen LogP contribution in [0.4, 0.5) is 0 Å². The average Bonchev–Trinajstić information content (AvgIpc) is 2.30. The second-order valence-corrected chi connectivity index (χ2v) is 3.38. The van der Waals surface area contributed by atoms with E-state index in [4.69, 9.17) is 9.47 Å². The van der Waals surface area contributed by atoms with Crippen LogP contribution < -0.4 is 0 Å². The molecule has 0 amide bonds. The van der Waals surface area contributed by atoms with Gasteiger partial charge in [0.05, 0.1) is 19.8 Å². The minimum atomic E-state index is -1.31. The lowest BCUT2D eigenvalue weighted by molar-refractivity contribution is -0.171. The fourth-order valence-corrected chi connectivity index (χ4v) is 1.45. The number of ether oxygens (including phenoxy) is 2. The molecule has 0 aromatic rings. The first-order valence-corrected chi connectivity index (χ1v) is 5.25. The van der Waals surface area contributed by atoms with Gasteiger partial charge >= 0.3 is 11.9 Å². The molecule has 5 heteroatoms. The average molecular weight is 225 g/mol. The van der Waals surface area contributed by atoms with Gasteiger partial charge in [-0.3, -0.25) is 9.59 Å². The van der Waals surface area contributed by atoms with Crippen molar-refractivity contribution < 1.29 is 19.1 Å². The van der Waals surface area contributed by atoms with Gasteiger partial charge in [-0.2, -0.15) is 0 Å². The number of hydrogen-bond donors (Lipinski definition) is 0. The third kappa shape index (κ3) is 2.31. The van der Waals surface area contributed by atoms with Crippen molar-refractivity contribution in [1.29, 1.82) is 0 Å². The molecule has 0 spiro atoms. The summed E-state index contributed by atoms with van der Waals surface area (Å²) < 4.78 is 9.81. The first-order valence-electron chi connectivity index (χ1n) is 5.25. The standard InChI is InChI=1S/C11H15NO4/c1-3-15-9(13)11(10(14)16-4-2)6-5-7-12-8-11/h5H,3-4,6,8H2,1-2H3. The molecule has 1 aliphatic rings. The number of nitrogens with zero attached hydrogens (tertiary/aromatic N) is 1. The highest BCUT2D eigenvalue weighted by Crippen LogP contribution is 2.28. The molecule has 0 N–H and O–H groups in total. The number of carbonyl (C=O) groups is 2. The maximum atomic E-state index is 11.8. The Bertz CT molecular complexity index is 312. The number of aliphatic imine (C=N–C) groups is 1. The van der Waals surface area contributed by atoms with Crippen LogP contribution in [0.25, 0.3) is 0 Å². The first-order chi connectivity index (χ1) is 7.67. The Hall–Kier alpha value is -1.61. The molecule has 0 aromatic carbocycles. The van der Waals surface area contributed by atoms with Gasteiger partial charge < -0.3 is 9.47 Å². The predicted octanol–water partition coefficient (Wildman–Crippen LogP) is 0.729. The van der Waals surface area contributed by atoms with Crippen LogP contribution in [0.15, 0.2) is 11.1 Å². The monoisotopic (exact) mass is 225 g/mol. The largest absolute Gasteiger partial charge is 0.465 e. The van der Waals surface area contributed by atoms with Gasteiger partial charge in [-0.1, -0.05) is 0 Å². The zero-order valence-electron chi connectivity index (χ0n) is 9.49. The molecule has 0 aliphatic carbocycles. The Labute approximate surface area is 94.1 Å². The fraction of sp³-hybridized carbons (Fsp3) is 0.636. The van der Waals surface area contributed by atoms with Crippen molar-refractivity contribution in [2.75, 3.05) is 19.8 Å². The van der Waals surface area contributed by atoms with Gasteiger partial charge in [0.15, 0.2) is 5.41 Å². The molecule has 0 radical (unpaired) electrons. The molecule has 16 heavy (non-hydrogen) atoms. The summed E-state index contributed by atoms with van der Waals surface area (Å²) in [6.07, 6.45) is 1.78. The van der Waals surface area contributed by atoms with Crippen molar-refractivity contribution in [2.45, 2.75) is 20.3 Å². The minimum Gasteiger partial charge on any atom is -0.465 e. The van der Waals surface area contributed by atoms with Gasteiger partial charge in [-0.05, 0) is 25.8 Å². The van der Waals surface area contributed by atoms with Crippen molar-refractivity contribution >= 4 is 17.8 Å². The van der Waals surface area contributed by atoms with Gasteiger partial charge in [-0.25, -0.2) is 4.99 Å². The molecule has 0 saturated carbocycles. The van der Waals surface area contributed by atoms with Crippen molar-refractivity contribution in [3.05, 3.63) is 6.08 Å². The third-order valence-electron chi connectivity index (χ3n) is 2.31. The van der Waals surface area contributed by atoms with E-state index in [0.717, 1.165) is 0 Å². The van der Waals surface area contributed by atoms with E-state index in [0.29, 0.717) is 0 Å². The number of rotatable bonds is 4. The van der Waals surface area contributed by atoms with E-state index < -0.39 is 17.4 Å². The molecule has 88 valence electrons. The molecule has 1 rings (SSSR count). The van der Waals surface area contributed by atoms with Crippen molar-refractivity contribution in [1.82, 2.24) is 0 Å². The Morgan fingerprint density at radius 3 is 2.25 bits per heavy atom. The highest BCUT2D eigenvalue weighted by molar-refractivity contribution is 6.01. The number of esters is 2. The van der Waals surface area contributed by atoms with Gasteiger partial charge in [0.25, 0.3) is 0 Å². The van der Waals surface area contributed by atoms with Crippen LogP contribution in [-0.2, 0) is 19.1 Å². The van der Waals surface area contributed by atoms with Crippen LogP contribution >= 0.6 is 0 Å². The normalized spacial score (nSPS) is 16.9. The zero-order valence-corrected chi connectivity index (χ0v) is 9.49. The quantitative estimate of drug-likeness (QED) is 0.522. The van der Waals surface area contributed by atoms with Crippen LogP contribution in [0, 0.1) is 5.41 Å². The number of carbonyl (C=O) groups excluding carboxylic acids is 2. The second-order valence-electron chi connectivity index (χ2n) is 3.38. The maximum absolute atomic E-state index is 11.8. The molecule has 0 unspecified atom stereocenters. The fourth-order valence-electron chi connectivity index (χ4n) is 1.45. The molecule has 0 saturated heterocycles. The summed E-state index contributed by atoms with van der Waals surface area (Å²) in [6, 6.07) is 0. The lowest BCUT2D eigenvalue weighted by Crippen LogP contribution is -2.45. The molecule has 0 fully saturated rings. The van der Waals surface area contributed by atoms with Gasteiger partial charge in [0.1, 0.15) is 0 Å². The number of hydrogen-bond acceptors (Lipinski definition) is 5. The second kappa shape index (κ2) is 5.47. The molecule has 5 nitrogen and oxygen atoms in total. The SMILES string of the molecule is CCOC(=O)C1(C(=O)OCC)CC=C=NC1. The molecular formula is C11H15NO4. The van der Waals surface area contributed by atoms with Crippen molar-refractivity contribution in [3.63, 3.8) is 0 Å². The van der Waals surface area contributed by atoms with Crippen molar-refractivity contribution in [3.8, 4) is 0 Å². The summed E-state index contributed by atoms with van der Waals surface area (Å²) in [5, 5.41) is 0. The summed E-state index contributed by atoms with van der Waals surface area (Å²) >= 11 is 0. The molecule has 1 heterocycles. The summed E-state index contributed by atoms with van der Waals surface area (Å²) in [4.78, 5) is 27.4. The molecule has 0 bridgehead atoms. The topological polar surface area (TPSA) is 65.0 Å². The van der Waals surface area contributed by atoms with Crippen LogP contribution in [0.2, 0.25) is 0 Å². The Morgan fingerprint density at radius 1 is 1.31 bits per heavy atom. The first kappa shape index (κ1) is 12.5. The van der Waals surface area contributed by atoms with E-state index in [-0.39, 0.29) is 26.2 Å². The maximum Gasteiger partial charge on any atom is 0.325 e. The van der Waals surface area contributed by atoms with Gasteiger partial charge in [0.2, 0.25) is 0 Å². The van der Waals surface area contributed by atoms with E-state index in [2.05, 4.69) is 10.9 Å². The molecule has 0 atom stereocenters. The zero-order chi connectivity index (χ0) is 12.0. The van der Waals surface area contributed by atoms with Gasteiger partial charge in [0, 0.05) is 6.42 Å². The summed E-state index contributed by atoms with van der Waals surface area (Å²) in [7, 11) is 0. The number of allylic oxidation sites excluding steroid dienone is 1. The summed E-state index contributed by atoms with van der Waals surface area (Å²) in [5.41, 5.74) is -1.31. The highest BCUT2D eigenvalue weighted by atomic mass is 16.6. The van der Waals surface area contributed by atoms with E-state index in [1.54, 1.807) is 19.9 Å². The van der Waals surface area contributed by atoms with Crippen LogP contribution in [0.3, 0.4) is 0 Å². The highest BCUT2D eigenvalue weighted by Gasteiger charge is 2.48. The smallest absolute Gasteiger partial charge is 0.325 e. The Kier molecular flexibility index (Phi) is 4.26. The third-order valence-corrected chi connectivity index (χ3v) is 2.31. The van der Waals surface area contributed by atoms with Crippen molar-refractivity contribution in [2.24, 2.45) is 10.4 Å². The summed E-state index contributed by atoms with van der Waals surface area (Å²) in [5.74, 6) is 1.47. The minimum absolute atomic E-state index is 0.0428. The Balaban J connectivity index is 2.89. The van der Waals surface area contributed by atoms with E-state index >= 15 is 0 Å². The van der Waals surface area contributed by atoms with E-state index in [1.165, 1.54) is 0 Å². The molecule has 0 aromatic heterocycles. The lowest BCUT2D eigenvalue weighted by atomic mass is 9.83. The van der Waals surface area contributed by atoms with E-state index in [1.807, 2.05) is 0 Å². The molecule has 1 aliphatic heterocycles. The van der Waals surface area contributed by atoms with E-state index in [9.17, 15) is 9.59 Å². The molecular weight excluding hydrogens is 210 g/mol. The Morgan fingerprint density at radius 2 is 1.88 bits per heavy atom. The lowest BCUT2D eigenvalue weighted by Gasteiger charge is -2.26. The van der Waals surface area contributed by atoms with Crippen LogP contribution in [-0.4, -0.2) is 37.6 Å². The van der Waals surface area contributed by atoms with Crippen LogP contribution in [0.5, 0.6) is 0 Å². The summed E-state index contributed by atoms with van der Waals surface area (Å²) in [6.45, 7) is 3.89. The van der Waals surface area contributed by atoms with Crippen LogP contribution in [0.1, 0.15) is 20.3 Å². The van der Waals surface area contributed by atoms with Gasteiger partial charge in [-0.15, -0.1) is 0 Å². The predicted molar refractivity (Wildman–Crippen MR) is 57.2 cm³/mol.